The van der Waals surface area contributed by atoms with Crippen molar-refractivity contribution in [3.8, 4) is 0 Å². The molecule has 0 saturated heterocycles. The van der Waals surface area contributed by atoms with Crippen molar-refractivity contribution < 1.29 is 9.13 Å². The first-order valence-electron chi connectivity index (χ1n) is 5.93. The zero-order valence-corrected chi connectivity index (χ0v) is 11.3. The molecule has 1 N–H and O–H groups in total. The fourth-order valence-electron chi connectivity index (χ4n) is 1.62. The Balaban J connectivity index is 2.69. The van der Waals surface area contributed by atoms with Crippen molar-refractivity contribution >= 4 is 0 Å². The molecule has 1 aromatic carbocycles. The molecule has 0 aliphatic heterocycles. The van der Waals surface area contributed by atoms with Gasteiger partial charge in [0.05, 0.1) is 5.60 Å². The second-order valence-corrected chi connectivity index (χ2v) is 4.97. The van der Waals surface area contributed by atoms with Gasteiger partial charge in [0.1, 0.15) is 5.82 Å². The zero-order chi connectivity index (χ0) is 13.1. The maximum Gasteiger partial charge on any atom is 0.123 e. The maximum atomic E-state index is 13.1. The number of rotatable bonds is 5. The van der Waals surface area contributed by atoms with Crippen LogP contribution in [0.4, 0.5) is 4.39 Å². The predicted octanol–water partition coefficient (Wildman–Crippen LogP) is 3.29. The Hall–Kier alpha value is -0.930. The molecular weight excluding hydrogens is 217 g/mol. The van der Waals surface area contributed by atoms with Gasteiger partial charge in [0.2, 0.25) is 0 Å². The van der Waals surface area contributed by atoms with Crippen molar-refractivity contribution in [1.82, 2.24) is 5.32 Å². The summed E-state index contributed by atoms with van der Waals surface area (Å²) in [5.74, 6) is -0.199. The van der Waals surface area contributed by atoms with Gasteiger partial charge in [-0.3, -0.25) is 0 Å². The summed E-state index contributed by atoms with van der Waals surface area (Å²) in [7, 11) is 1.70. The van der Waals surface area contributed by atoms with E-state index in [1.54, 1.807) is 19.2 Å². The molecule has 0 spiro atoms. The summed E-state index contributed by atoms with van der Waals surface area (Å²) in [4.78, 5) is 0. The predicted molar refractivity (Wildman–Crippen MR) is 68.5 cm³/mol. The highest BCUT2D eigenvalue weighted by Gasteiger charge is 2.26. The van der Waals surface area contributed by atoms with E-state index < -0.39 is 0 Å². The molecular formula is C14H22FNO. The van der Waals surface area contributed by atoms with Crippen LogP contribution in [0.5, 0.6) is 0 Å². The van der Waals surface area contributed by atoms with Crippen molar-refractivity contribution in [3.63, 3.8) is 0 Å². The van der Waals surface area contributed by atoms with Gasteiger partial charge >= 0.3 is 0 Å². The number of ether oxygens (including phenoxy) is 1. The van der Waals surface area contributed by atoms with Crippen LogP contribution in [0.2, 0.25) is 0 Å². The van der Waals surface area contributed by atoms with Gasteiger partial charge < -0.3 is 10.1 Å². The fraction of sp³-hybridized carbons (Fsp3) is 0.571. The Kier molecular flexibility index (Phi) is 4.66. The van der Waals surface area contributed by atoms with E-state index >= 15 is 0 Å². The molecule has 17 heavy (non-hydrogen) atoms. The molecule has 0 aromatic heterocycles. The molecule has 0 amide bonds. The molecule has 3 heteroatoms. The average molecular weight is 239 g/mol. The molecule has 1 rings (SSSR count). The molecule has 0 bridgehead atoms. The lowest BCUT2D eigenvalue weighted by Gasteiger charge is -2.33. The van der Waals surface area contributed by atoms with Gasteiger partial charge in [-0.25, -0.2) is 4.39 Å². The van der Waals surface area contributed by atoms with Crippen LogP contribution in [-0.2, 0) is 4.74 Å². The second-order valence-electron chi connectivity index (χ2n) is 4.97. The van der Waals surface area contributed by atoms with E-state index in [-0.39, 0.29) is 23.5 Å². The molecule has 1 aromatic rings. The lowest BCUT2D eigenvalue weighted by Crippen LogP contribution is -2.46. The Labute approximate surface area is 103 Å². The third kappa shape index (κ3) is 3.79. The van der Waals surface area contributed by atoms with E-state index in [4.69, 9.17) is 4.74 Å². The summed E-state index contributed by atoms with van der Waals surface area (Å²) in [6.45, 7) is 8.15. The SMILES string of the molecule is COC(C)(C)C(C)N[C@@H](C)c1cccc(F)c1. The standard InChI is InChI=1S/C14H22FNO/c1-10(12-7-6-8-13(15)9-12)16-11(2)14(3,4)17-5/h6-11,16H,1-5H3/t10-,11?/m0/s1. The Morgan fingerprint density at radius 3 is 2.47 bits per heavy atom. The van der Waals surface area contributed by atoms with E-state index in [1.165, 1.54) is 6.07 Å². The molecule has 2 nitrogen and oxygen atoms in total. The van der Waals surface area contributed by atoms with Crippen molar-refractivity contribution in [2.24, 2.45) is 0 Å². The largest absolute Gasteiger partial charge is 0.377 e. The smallest absolute Gasteiger partial charge is 0.123 e. The van der Waals surface area contributed by atoms with Gasteiger partial charge in [0.25, 0.3) is 0 Å². The van der Waals surface area contributed by atoms with E-state index in [0.29, 0.717) is 0 Å². The first-order valence-corrected chi connectivity index (χ1v) is 5.93. The normalized spacial score (nSPS) is 15.6. The Bertz CT molecular complexity index is 365. The van der Waals surface area contributed by atoms with Crippen LogP contribution in [0.25, 0.3) is 0 Å². The van der Waals surface area contributed by atoms with Gasteiger partial charge in [-0.05, 0) is 45.4 Å². The van der Waals surface area contributed by atoms with E-state index in [0.717, 1.165) is 5.56 Å². The van der Waals surface area contributed by atoms with Gasteiger partial charge in [0, 0.05) is 19.2 Å². The van der Waals surface area contributed by atoms with Crippen LogP contribution in [0, 0.1) is 5.82 Å². The highest BCUT2D eigenvalue weighted by molar-refractivity contribution is 5.19. The summed E-state index contributed by atoms with van der Waals surface area (Å²) < 4.78 is 18.5. The van der Waals surface area contributed by atoms with E-state index in [9.17, 15) is 4.39 Å². The molecule has 2 atom stereocenters. The van der Waals surface area contributed by atoms with E-state index in [2.05, 4.69) is 12.2 Å². The minimum Gasteiger partial charge on any atom is -0.377 e. The number of hydrogen-bond donors (Lipinski definition) is 1. The molecule has 96 valence electrons. The summed E-state index contributed by atoms with van der Waals surface area (Å²) >= 11 is 0. The first-order chi connectivity index (χ1) is 7.86. The molecule has 0 aliphatic carbocycles. The summed E-state index contributed by atoms with van der Waals surface area (Å²) in [5.41, 5.74) is 0.699. The quantitative estimate of drug-likeness (QED) is 0.851. The molecule has 0 aliphatic rings. The number of hydrogen-bond acceptors (Lipinski definition) is 2. The van der Waals surface area contributed by atoms with Crippen LogP contribution in [0.15, 0.2) is 24.3 Å². The van der Waals surface area contributed by atoms with Crippen LogP contribution >= 0.6 is 0 Å². The van der Waals surface area contributed by atoms with Crippen LogP contribution in [-0.4, -0.2) is 18.8 Å². The molecule has 0 fully saturated rings. The minimum absolute atomic E-state index is 0.0927. The third-order valence-corrected chi connectivity index (χ3v) is 3.42. The van der Waals surface area contributed by atoms with Crippen LogP contribution < -0.4 is 5.32 Å². The van der Waals surface area contributed by atoms with Gasteiger partial charge in [-0.2, -0.15) is 0 Å². The van der Waals surface area contributed by atoms with Crippen LogP contribution in [0.1, 0.15) is 39.3 Å². The Morgan fingerprint density at radius 1 is 1.29 bits per heavy atom. The third-order valence-electron chi connectivity index (χ3n) is 3.42. The van der Waals surface area contributed by atoms with Gasteiger partial charge in [0.15, 0.2) is 0 Å². The molecule has 0 saturated carbocycles. The highest BCUT2D eigenvalue weighted by atomic mass is 19.1. The molecule has 0 heterocycles. The number of benzene rings is 1. The van der Waals surface area contributed by atoms with Gasteiger partial charge in [-0.15, -0.1) is 0 Å². The summed E-state index contributed by atoms with van der Waals surface area (Å²) in [5, 5.41) is 3.42. The van der Waals surface area contributed by atoms with Crippen molar-refractivity contribution in [2.45, 2.75) is 45.4 Å². The molecule has 0 radical (unpaired) electrons. The van der Waals surface area contributed by atoms with Crippen molar-refractivity contribution in [3.05, 3.63) is 35.6 Å². The fourth-order valence-corrected chi connectivity index (χ4v) is 1.62. The van der Waals surface area contributed by atoms with Crippen molar-refractivity contribution in [1.29, 1.82) is 0 Å². The van der Waals surface area contributed by atoms with E-state index in [1.807, 2.05) is 26.8 Å². The lowest BCUT2D eigenvalue weighted by molar-refractivity contribution is -0.00765. The Morgan fingerprint density at radius 2 is 1.94 bits per heavy atom. The summed E-state index contributed by atoms with van der Waals surface area (Å²) in [6, 6.07) is 6.94. The second kappa shape index (κ2) is 5.61. The van der Waals surface area contributed by atoms with Crippen molar-refractivity contribution in [2.75, 3.05) is 7.11 Å². The highest BCUT2D eigenvalue weighted by Crippen LogP contribution is 2.19. The number of nitrogens with one attached hydrogen (secondary N) is 1. The summed E-state index contributed by atoms with van der Waals surface area (Å²) in [6.07, 6.45) is 0. The number of methoxy groups -OCH3 is 1. The topological polar surface area (TPSA) is 21.3 Å². The maximum absolute atomic E-state index is 13.1. The minimum atomic E-state index is -0.248. The lowest BCUT2D eigenvalue weighted by atomic mass is 9.98. The van der Waals surface area contributed by atoms with Crippen LogP contribution in [0.3, 0.4) is 0 Å². The monoisotopic (exact) mass is 239 g/mol. The first kappa shape index (κ1) is 14.1. The molecule has 1 unspecified atom stereocenters. The zero-order valence-electron chi connectivity index (χ0n) is 11.3. The number of halogens is 1. The average Bonchev–Trinajstić information content (AvgIpc) is 2.28. The van der Waals surface area contributed by atoms with Gasteiger partial charge in [-0.1, -0.05) is 12.1 Å².